The van der Waals surface area contributed by atoms with E-state index in [0.29, 0.717) is 5.56 Å². The van der Waals surface area contributed by atoms with Gasteiger partial charge in [0.25, 0.3) is 5.91 Å². The first-order valence-electron chi connectivity index (χ1n) is 6.11. The number of amides is 1. The number of benzene rings is 2. The van der Waals surface area contributed by atoms with E-state index < -0.39 is 0 Å². The third-order valence-corrected chi connectivity index (χ3v) is 3.15. The van der Waals surface area contributed by atoms with Gasteiger partial charge in [0.05, 0.1) is 7.11 Å². The molecular formula is C16H17NO2. The zero-order chi connectivity index (χ0) is 13.8. The molecule has 0 unspecified atom stereocenters. The molecule has 0 aromatic heterocycles. The monoisotopic (exact) mass is 255 g/mol. The van der Waals surface area contributed by atoms with Crippen molar-refractivity contribution in [2.24, 2.45) is 0 Å². The molecule has 0 saturated heterocycles. The molecule has 0 heterocycles. The third kappa shape index (κ3) is 2.83. The molecule has 2 aromatic rings. The Kier molecular flexibility index (Phi) is 3.97. The molecule has 0 spiro atoms. The first-order valence-corrected chi connectivity index (χ1v) is 6.11. The van der Waals surface area contributed by atoms with Crippen LogP contribution in [0.5, 0.6) is 0 Å². The van der Waals surface area contributed by atoms with Crippen molar-refractivity contribution in [3.8, 4) is 11.1 Å². The summed E-state index contributed by atoms with van der Waals surface area (Å²) in [6, 6.07) is 15.7. The summed E-state index contributed by atoms with van der Waals surface area (Å²) in [5.74, 6) is -0.154. The molecule has 0 bridgehead atoms. The van der Waals surface area contributed by atoms with Gasteiger partial charge in [-0.15, -0.1) is 0 Å². The molecule has 3 heteroatoms. The van der Waals surface area contributed by atoms with Gasteiger partial charge in [-0.2, -0.15) is 0 Å². The van der Waals surface area contributed by atoms with E-state index in [-0.39, 0.29) is 5.91 Å². The molecule has 2 aromatic carbocycles. The minimum absolute atomic E-state index is 0.154. The van der Waals surface area contributed by atoms with E-state index in [1.54, 1.807) is 7.05 Å². The van der Waals surface area contributed by atoms with Crippen LogP contribution in [0.2, 0.25) is 0 Å². The largest absolute Gasteiger partial charge is 0.277 e. The van der Waals surface area contributed by atoms with Crippen LogP contribution in [0, 0.1) is 6.92 Å². The quantitative estimate of drug-likeness (QED) is 0.788. The zero-order valence-corrected chi connectivity index (χ0v) is 11.4. The maximum atomic E-state index is 11.9. The first kappa shape index (κ1) is 13.3. The van der Waals surface area contributed by atoms with Crippen molar-refractivity contribution in [1.82, 2.24) is 5.06 Å². The van der Waals surface area contributed by atoms with Gasteiger partial charge in [0, 0.05) is 12.6 Å². The van der Waals surface area contributed by atoms with Crippen LogP contribution >= 0.6 is 0 Å². The lowest BCUT2D eigenvalue weighted by molar-refractivity contribution is -0.0756. The molecule has 0 saturated carbocycles. The van der Waals surface area contributed by atoms with Crippen LogP contribution in [0.4, 0.5) is 0 Å². The van der Waals surface area contributed by atoms with Gasteiger partial charge in [0.1, 0.15) is 0 Å². The van der Waals surface area contributed by atoms with Crippen LogP contribution < -0.4 is 0 Å². The van der Waals surface area contributed by atoms with E-state index in [1.165, 1.54) is 23.3 Å². The molecule has 0 aliphatic rings. The molecule has 0 aliphatic carbocycles. The van der Waals surface area contributed by atoms with Gasteiger partial charge in [-0.1, -0.05) is 36.4 Å². The highest BCUT2D eigenvalue weighted by molar-refractivity contribution is 5.93. The van der Waals surface area contributed by atoms with E-state index in [2.05, 4.69) is 19.1 Å². The number of hydrogen-bond acceptors (Lipinski definition) is 2. The van der Waals surface area contributed by atoms with Gasteiger partial charge in [0.15, 0.2) is 0 Å². The Morgan fingerprint density at radius 1 is 1.05 bits per heavy atom. The molecule has 0 N–H and O–H groups in total. The standard InChI is InChI=1S/C16H17NO2/c1-12-6-4-5-7-15(12)13-8-10-14(11-9-13)16(18)17(2)19-3/h4-11H,1-3H3. The van der Waals surface area contributed by atoms with E-state index >= 15 is 0 Å². The molecule has 19 heavy (non-hydrogen) atoms. The van der Waals surface area contributed by atoms with E-state index in [1.807, 2.05) is 36.4 Å². The number of carbonyl (C=O) groups is 1. The minimum Gasteiger partial charge on any atom is -0.274 e. The minimum atomic E-state index is -0.154. The average molecular weight is 255 g/mol. The summed E-state index contributed by atoms with van der Waals surface area (Å²) < 4.78 is 0. The maximum absolute atomic E-state index is 11.9. The van der Waals surface area contributed by atoms with Crippen LogP contribution in [0.3, 0.4) is 0 Å². The lowest BCUT2D eigenvalue weighted by atomic mass is 9.99. The van der Waals surface area contributed by atoms with Crippen LogP contribution in [-0.4, -0.2) is 25.1 Å². The molecular weight excluding hydrogens is 238 g/mol. The van der Waals surface area contributed by atoms with Crippen LogP contribution in [0.1, 0.15) is 15.9 Å². The summed E-state index contributed by atoms with van der Waals surface area (Å²) >= 11 is 0. The Hall–Kier alpha value is -2.13. The summed E-state index contributed by atoms with van der Waals surface area (Å²) in [7, 11) is 3.07. The van der Waals surface area contributed by atoms with Gasteiger partial charge >= 0.3 is 0 Å². The van der Waals surface area contributed by atoms with Gasteiger partial charge in [0.2, 0.25) is 0 Å². The lowest BCUT2D eigenvalue weighted by Gasteiger charge is -2.14. The lowest BCUT2D eigenvalue weighted by Crippen LogP contribution is -2.25. The predicted molar refractivity (Wildman–Crippen MR) is 75.7 cm³/mol. The van der Waals surface area contributed by atoms with E-state index in [9.17, 15) is 4.79 Å². The van der Waals surface area contributed by atoms with E-state index in [4.69, 9.17) is 4.84 Å². The van der Waals surface area contributed by atoms with Crippen molar-refractivity contribution in [1.29, 1.82) is 0 Å². The fourth-order valence-electron chi connectivity index (χ4n) is 1.95. The highest BCUT2D eigenvalue weighted by Gasteiger charge is 2.11. The molecule has 2 rings (SSSR count). The Morgan fingerprint density at radius 3 is 2.26 bits per heavy atom. The van der Waals surface area contributed by atoms with Crippen molar-refractivity contribution in [3.05, 3.63) is 59.7 Å². The number of aryl methyl sites for hydroxylation is 1. The highest BCUT2D eigenvalue weighted by Crippen LogP contribution is 2.23. The van der Waals surface area contributed by atoms with Crippen LogP contribution in [0.25, 0.3) is 11.1 Å². The molecule has 0 aliphatic heterocycles. The van der Waals surface area contributed by atoms with Crippen LogP contribution in [-0.2, 0) is 4.84 Å². The number of carbonyl (C=O) groups excluding carboxylic acids is 1. The SMILES string of the molecule is CON(C)C(=O)c1ccc(-c2ccccc2C)cc1. The molecule has 0 fully saturated rings. The fourth-order valence-corrected chi connectivity index (χ4v) is 1.95. The molecule has 3 nitrogen and oxygen atoms in total. The third-order valence-electron chi connectivity index (χ3n) is 3.15. The molecule has 0 atom stereocenters. The van der Waals surface area contributed by atoms with Crippen molar-refractivity contribution >= 4 is 5.91 Å². The predicted octanol–water partition coefficient (Wildman–Crippen LogP) is 3.30. The summed E-state index contributed by atoms with van der Waals surface area (Å²) in [5, 5.41) is 1.21. The van der Waals surface area contributed by atoms with Crippen molar-refractivity contribution in [2.45, 2.75) is 6.92 Å². The number of hydroxylamine groups is 2. The second-order valence-corrected chi connectivity index (χ2v) is 4.38. The Morgan fingerprint density at radius 2 is 1.68 bits per heavy atom. The number of nitrogens with zero attached hydrogens (tertiary/aromatic N) is 1. The molecule has 1 amide bonds. The smallest absolute Gasteiger partial charge is 0.274 e. The summed E-state index contributed by atoms with van der Waals surface area (Å²) in [6.45, 7) is 2.08. The number of rotatable bonds is 3. The fraction of sp³-hybridized carbons (Fsp3) is 0.188. The Labute approximate surface area is 113 Å². The summed E-state index contributed by atoms with van der Waals surface area (Å²) in [4.78, 5) is 16.8. The highest BCUT2D eigenvalue weighted by atomic mass is 16.7. The van der Waals surface area contributed by atoms with E-state index in [0.717, 1.165) is 5.56 Å². The van der Waals surface area contributed by atoms with Crippen LogP contribution in [0.15, 0.2) is 48.5 Å². The second kappa shape index (κ2) is 5.67. The van der Waals surface area contributed by atoms with Crippen molar-refractivity contribution in [2.75, 3.05) is 14.2 Å². The summed E-state index contributed by atoms with van der Waals surface area (Å²) in [6.07, 6.45) is 0. The maximum Gasteiger partial charge on any atom is 0.277 e. The van der Waals surface area contributed by atoms with Gasteiger partial charge in [-0.3, -0.25) is 9.63 Å². The zero-order valence-electron chi connectivity index (χ0n) is 11.4. The average Bonchev–Trinajstić information content (AvgIpc) is 2.46. The Bertz CT molecular complexity index is 576. The van der Waals surface area contributed by atoms with Gasteiger partial charge in [-0.25, -0.2) is 5.06 Å². The van der Waals surface area contributed by atoms with Crippen molar-refractivity contribution in [3.63, 3.8) is 0 Å². The number of hydrogen-bond donors (Lipinski definition) is 0. The second-order valence-electron chi connectivity index (χ2n) is 4.38. The van der Waals surface area contributed by atoms with Gasteiger partial charge < -0.3 is 0 Å². The molecule has 0 radical (unpaired) electrons. The normalized spacial score (nSPS) is 10.3. The van der Waals surface area contributed by atoms with Crippen molar-refractivity contribution < 1.29 is 9.63 Å². The molecule has 98 valence electrons. The first-order chi connectivity index (χ1) is 9.13. The Balaban J connectivity index is 2.29. The topological polar surface area (TPSA) is 29.5 Å². The van der Waals surface area contributed by atoms with Gasteiger partial charge in [-0.05, 0) is 35.7 Å². The summed E-state index contributed by atoms with van der Waals surface area (Å²) in [5.41, 5.74) is 4.12.